The van der Waals surface area contributed by atoms with Crippen molar-refractivity contribution in [2.75, 3.05) is 27.9 Å². The van der Waals surface area contributed by atoms with Crippen molar-refractivity contribution in [2.24, 2.45) is 0 Å². The number of rotatable bonds is 10. The van der Waals surface area contributed by atoms with Gasteiger partial charge >= 0.3 is 0 Å². The fraction of sp³-hybridized carbons (Fsp3) is 0.381. The van der Waals surface area contributed by atoms with Gasteiger partial charge in [0.2, 0.25) is 5.91 Å². The molecule has 0 saturated heterocycles. The summed E-state index contributed by atoms with van der Waals surface area (Å²) in [7, 11) is 4.81. The molecule has 2 aromatic carbocycles. The predicted molar refractivity (Wildman–Crippen MR) is 104 cm³/mol. The first kappa shape index (κ1) is 20.4. The van der Waals surface area contributed by atoms with E-state index >= 15 is 0 Å². The van der Waals surface area contributed by atoms with Gasteiger partial charge in [0.1, 0.15) is 11.5 Å². The minimum absolute atomic E-state index is 0.0179. The van der Waals surface area contributed by atoms with Gasteiger partial charge in [-0.1, -0.05) is 6.07 Å². The second kappa shape index (κ2) is 10.3. The maximum atomic E-state index is 12.2. The van der Waals surface area contributed by atoms with Crippen molar-refractivity contribution >= 4 is 5.91 Å². The van der Waals surface area contributed by atoms with Crippen LogP contribution in [-0.2, 0) is 4.79 Å². The molecular weight excluding hydrogens is 346 g/mol. The Morgan fingerprint density at radius 1 is 0.926 bits per heavy atom. The third kappa shape index (κ3) is 6.09. The molecule has 0 saturated carbocycles. The Hall–Kier alpha value is -2.89. The summed E-state index contributed by atoms with van der Waals surface area (Å²) in [4.78, 5) is 12.2. The number of hydrogen-bond donors (Lipinski definition) is 1. The quantitative estimate of drug-likeness (QED) is 0.643. The van der Waals surface area contributed by atoms with E-state index in [1.54, 1.807) is 21.3 Å². The van der Waals surface area contributed by atoms with Crippen LogP contribution in [0.1, 0.15) is 31.4 Å². The molecule has 0 unspecified atom stereocenters. The lowest BCUT2D eigenvalue weighted by molar-refractivity contribution is -0.121. The molecule has 146 valence electrons. The van der Waals surface area contributed by atoms with Gasteiger partial charge in [0.05, 0.1) is 34.0 Å². The third-order valence-corrected chi connectivity index (χ3v) is 4.16. The van der Waals surface area contributed by atoms with Crippen LogP contribution in [-0.4, -0.2) is 33.8 Å². The summed E-state index contributed by atoms with van der Waals surface area (Å²) in [6.07, 6.45) is 1.03. The number of amides is 1. The molecule has 27 heavy (non-hydrogen) atoms. The molecule has 0 radical (unpaired) electrons. The van der Waals surface area contributed by atoms with Gasteiger partial charge in [-0.25, -0.2) is 0 Å². The molecule has 6 nitrogen and oxygen atoms in total. The van der Waals surface area contributed by atoms with E-state index in [0.29, 0.717) is 30.9 Å². The number of nitrogens with one attached hydrogen (secondary N) is 1. The van der Waals surface area contributed by atoms with Crippen molar-refractivity contribution < 1.29 is 23.7 Å². The minimum atomic E-state index is -0.125. The van der Waals surface area contributed by atoms with Crippen molar-refractivity contribution in [1.82, 2.24) is 5.32 Å². The monoisotopic (exact) mass is 373 g/mol. The molecule has 0 bridgehead atoms. The molecule has 0 aliphatic rings. The highest BCUT2D eigenvalue weighted by atomic mass is 16.5. The van der Waals surface area contributed by atoms with Crippen LogP contribution in [0.5, 0.6) is 23.0 Å². The molecule has 1 N–H and O–H groups in total. The Labute approximate surface area is 160 Å². The van der Waals surface area contributed by atoms with Gasteiger partial charge in [0.15, 0.2) is 11.5 Å². The highest BCUT2D eigenvalue weighted by Gasteiger charge is 2.12. The molecule has 0 aliphatic carbocycles. The zero-order valence-corrected chi connectivity index (χ0v) is 16.3. The minimum Gasteiger partial charge on any atom is -0.497 e. The van der Waals surface area contributed by atoms with Crippen molar-refractivity contribution in [3.05, 3.63) is 48.0 Å². The predicted octanol–water partition coefficient (Wildman–Crippen LogP) is 3.75. The summed E-state index contributed by atoms with van der Waals surface area (Å²) in [6.45, 7) is 2.41. The van der Waals surface area contributed by atoms with Crippen molar-refractivity contribution in [1.29, 1.82) is 0 Å². The van der Waals surface area contributed by atoms with Gasteiger partial charge < -0.3 is 24.3 Å². The maximum absolute atomic E-state index is 12.2. The Morgan fingerprint density at radius 2 is 1.59 bits per heavy atom. The average Bonchev–Trinajstić information content (AvgIpc) is 2.71. The van der Waals surface area contributed by atoms with E-state index in [0.717, 1.165) is 17.1 Å². The summed E-state index contributed by atoms with van der Waals surface area (Å²) in [6, 6.07) is 12.9. The first-order valence-electron chi connectivity index (χ1n) is 8.85. The molecule has 0 aliphatic heterocycles. The molecular formula is C21H27NO5. The zero-order valence-electron chi connectivity index (χ0n) is 16.3. The summed E-state index contributed by atoms with van der Waals surface area (Å²) in [5, 5.41) is 2.99. The van der Waals surface area contributed by atoms with Crippen molar-refractivity contribution in [3.63, 3.8) is 0 Å². The molecule has 1 atom stereocenters. The normalized spacial score (nSPS) is 11.4. The van der Waals surface area contributed by atoms with Crippen LogP contribution in [0.3, 0.4) is 0 Å². The van der Waals surface area contributed by atoms with Gasteiger partial charge in [0, 0.05) is 6.42 Å². The summed E-state index contributed by atoms with van der Waals surface area (Å²) in [5.41, 5.74) is 0.954. The van der Waals surface area contributed by atoms with Gasteiger partial charge in [-0.3, -0.25) is 4.79 Å². The lowest BCUT2D eigenvalue weighted by Crippen LogP contribution is -2.26. The third-order valence-electron chi connectivity index (χ3n) is 4.16. The van der Waals surface area contributed by atoms with Crippen molar-refractivity contribution in [3.8, 4) is 23.0 Å². The largest absolute Gasteiger partial charge is 0.497 e. The molecule has 0 spiro atoms. The van der Waals surface area contributed by atoms with Crippen LogP contribution >= 0.6 is 0 Å². The lowest BCUT2D eigenvalue weighted by Gasteiger charge is -2.16. The first-order chi connectivity index (χ1) is 13.1. The van der Waals surface area contributed by atoms with E-state index in [1.807, 2.05) is 49.4 Å². The van der Waals surface area contributed by atoms with Gasteiger partial charge in [-0.15, -0.1) is 0 Å². The first-order valence-corrected chi connectivity index (χ1v) is 8.85. The van der Waals surface area contributed by atoms with Crippen LogP contribution in [0.15, 0.2) is 42.5 Å². The average molecular weight is 373 g/mol. The van der Waals surface area contributed by atoms with E-state index in [4.69, 9.17) is 18.9 Å². The van der Waals surface area contributed by atoms with E-state index in [-0.39, 0.29) is 11.9 Å². The molecule has 0 aromatic heterocycles. The number of carbonyl (C=O) groups excluding carboxylic acids is 1. The van der Waals surface area contributed by atoms with Crippen LogP contribution in [0.25, 0.3) is 0 Å². The molecule has 0 fully saturated rings. The molecule has 1 amide bonds. The summed E-state index contributed by atoms with van der Waals surface area (Å²) in [5.74, 6) is 2.83. The van der Waals surface area contributed by atoms with Gasteiger partial charge in [-0.2, -0.15) is 0 Å². The smallest absolute Gasteiger partial charge is 0.220 e. The molecule has 6 heteroatoms. The maximum Gasteiger partial charge on any atom is 0.220 e. The summed E-state index contributed by atoms with van der Waals surface area (Å²) >= 11 is 0. The van der Waals surface area contributed by atoms with Crippen LogP contribution in [0, 0.1) is 0 Å². The van der Waals surface area contributed by atoms with Crippen LogP contribution in [0.2, 0.25) is 0 Å². The molecule has 2 rings (SSSR count). The number of ether oxygens (including phenoxy) is 4. The Kier molecular flexibility index (Phi) is 7.79. The second-order valence-electron chi connectivity index (χ2n) is 6.03. The van der Waals surface area contributed by atoms with E-state index in [2.05, 4.69) is 5.32 Å². The standard InChI is InChI=1S/C21H27NO5/c1-15(16-7-12-19(25-3)20(14-16)26-4)22-21(23)6-5-13-27-18-10-8-17(24-2)9-11-18/h7-12,14-15H,5-6,13H2,1-4H3,(H,22,23)/t15-/m1/s1. The highest BCUT2D eigenvalue weighted by molar-refractivity contribution is 5.76. The SMILES string of the molecule is COc1ccc(OCCCC(=O)N[C@H](C)c2ccc(OC)c(OC)c2)cc1. The topological polar surface area (TPSA) is 66.0 Å². The van der Waals surface area contributed by atoms with E-state index in [9.17, 15) is 4.79 Å². The van der Waals surface area contributed by atoms with Gasteiger partial charge in [-0.05, 0) is 55.3 Å². The van der Waals surface area contributed by atoms with Crippen LogP contribution < -0.4 is 24.3 Å². The number of hydrogen-bond acceptors (Lipinski definition) is 5. The van der Waals surface area contributed by atoms with Crippen molar-refractivity contribution in [2.45, 2.75) is 25.8 Å². The second-order valence-corrected chi connectivity index (χ2v) is 6.03. The molecule has 2 aromatic rings. The zero-order chi connectivity index (χ0) is 19.6. The molecule has 0 heterocycles. The number of methoxy groups -OCH3 is 3. The van der Waals surface area contributed by atoms with Gasteiger partial charge in [0.25, 0.3) is 0 Å². The Balaban J connectivity index is 1.76. The Morgan fingerprint density at radius 3 is 2.22 bits per heavy atom. The number of benzene rings is 2. The van der Waals surface area contributed by atoms with E-state index < -0.39 is 0 Å². The van der Waals surface area contributed by atoms with E-state index in [1.165, 1.54) is 0 Å². The fourth-order valence-electron chi connectivity index (χ4n) is 2.61. The summed E-state index contributed by atoms with van der Waals surface area (Å²) < 4.78 is 21.3. The van der Waals surface area contributed by atoms with Crippen LogP contribution in [0.4, 0.5) is 0 Å². The number of carbonyl (C=O) groups is 1. The Bertz CT molecular complexity index is 730. The highest BCUT2D eigenvalue weighted by Crippen LogP contribution is 2.29. The fourth-order valence-corrected chi connectivity index (χ4v) is 2.61. The lowest BCUT2D eigenvalue weighted by atomic mass is 10.1.